The van der Waals surface area contributed by atoms with Gasteiger partial charge in [0.05, 0.1) is 23.3 Å². The molecule has 0 amide bonds. The molecule has 0 spiro atoms. The second-order valence-corrected chi connectivity index (χ2v) is 6.55. The molecule has 0 saturated carbocycles. The first-order valence-corrected chi connectivity index (χ1v) is 8.51. The molecule has 2 aromatic rings. The van der Waals surface area contributed by atoms with E-state index in [9.17, 15) is 0 Å². The molecule has 4 nitrogen and oxygen atoms in total. The van der Waals surface area contributed by atoms with Crippen molar-refractivity contribution in [3.63, 3.8) is 0 Å². The molecular formula is C16H12Cl4O4. The summed E-state index contributed by atoms with van der Waals surface area (Å²) in [6.45, 7) is 0.730. The molecule has 8 heteroatoms. The van der Waals surface area contributed by atoms with Crippen LogP contribution in [0.2, 0.25) is 20.1 Å². The Morgan fingerprint density at radius 2 is 1.12 bits per heavy atom. The van der Waals surface area contributed by atoms with Crippen molar-refractivity contribution >= 4 is 46.4 Å². The van der Waals surface area contributed by atoms with Crippen molar-refractivity contribution in [3.05, 3.63) is 56.5 Å². The number of benzene rings is 2. The van der Waals surface area contributed by atoms with Crippen molar-refractivity contribution in [3.8, 4) is 11.5 Å². The van der Waals surface area contributed by atoms with Gasteiger partial charge in [-0.05, 0) is 36.4 Å². The second kappa shape index (κ2) is 8.00. The lowest BCUT2D eigenvalue weighted by Gasteiger charge is -2.32. The molecule has 3 rings (SSSR count). The third kappa shape index (κ3) is 4.39. The van der Waals surface area contributed by atoms with E-state index in [-0.39, 0.29) is 0 Å². The van der Waals surface area contributed by atoms with Crippen LogP contribution in [0.3, 0.4) is 0 Å². The van der Waals surface area contributed by atoms with Crippen molar-refractivity contribution < 1.29 is 18.9 Å². The van der Waals surface area contributed by atoms with Crippen LogP contribution in [0.1, 0.15) is 0 Å². The number of ether oxygens (including phenoxy) is 4. The summed E-state index contributed by atoms with van der Waals surface area (Å²) in [4.78, 5) is 0. The highest BCUT2D eigenvalue weighted by molar-refractivity contribution is 6.36. The highest BCUT2D eigenvalue weighted by Gasteiger charge is 2.32. The van der Waals surface area contributed by atoms with E-state index in [1.54, 1.807) is 36.4 Å². The predicted molar refractivity (Wildman–Crippen MR) is 93.7 cm³/mol. The van der Waals surface area contributed by atoms with Gasteiger partial charge in [-0.15, -0.1) is 0 Å². The van der Waals surface area contributed by atoms with Gasteiger partial charge in [-0.3, -0.25) is 0 Å². The smallest absolute Gasteiger partial charge is 0.263 e. The quantitative estimate of drug-likeness (QED) is 0.672. The monoisotopic (exact) mass is 408 g/mol. The molecule has 2 atom stereocenters. The zero-order valence-electron chi connectivity index (χ0n) is 12.2. The Hall–Kier alpha value is -0.880. The summed E-state index contributed by atoms with van der Waals surface area (Å²) in [5, 5.41) is 1.74. The molecule has 0 aliphatic carbocycles. The predicted octanol–water partition coefficient (Wildman–Crippen LogP) is 5.46. The largest absolute Gasteiger partial charge is 0.456 e. The van der Waals surface area contributed by atoms with Crippen LogP contribution in [0.5, 0.6) is 11.5 Å². The fourth-order valence-corrected chi connectivity index (χ4v) is 2.96. The first-order valence-electron chi connectivity index (χ1n) is 6.99. The summed E-state index contributed by atoms with van der Waals surface area (Å²) < 4.78 is 22.7. The summed E-state index contributed by atoms with van der Waals surface area (Å²) in [5.74, 6) is 0.819. The fraction of sp³-hybridized carbons (Fsp3) is 0.250. The lowest BCUT2D eigenvalue weighted by molar-refractivity contribution is -0.270. The van der Waals surface area contributed by atoms with Crippen LogP contribution >= 0.6 is 46.4 Å². The third-order valence-electron chi connectivity index (χ3n) is 3.14. The Kier molecular flexibility index (Phi) is 5.98. The normalized spacial score (nSPS) is 20.7. The van der Waals surface area contributed by atoms with E-state index >= 15 is 0 Å². The van der Waals surface area contributed by atoms with Gasteiger partial charge in [0.2, 0.25) is 0 Å². The number of hydrogen-bond donors (Lipinski definition) is 0. The van der Waals surface area contributed by atoms with Gasteiger partial charge in [0.15, 0.2) is 0 Å². The SMILES string of the molecule is Clc1ccc(O[C@@H]2OCCO[C@H]2Oc2ccc(Cl)cc2Cl)c(Cl)c1. The average molecular weight is 410 g/mol. The van der Waals surface area contributed by atoms with Crippen molar-refractivity contribution in [2.75, 3.05) is 13.2 Å². The van der Waals surface area contributed by atoms with Gasteiger partial charge in [0.25, 0.3) is 12.6 Å². The van der Waals surface area contributed by atoms with Crippen LogP contribution in [0.25, 0.3) is 0 Å². The van der Waals surface area contributed by atoms with Gasteiger partial charge in [0, 0.05) is 10.0 Å². The minimum atomic E-state index is -0.816. The molecule has 0 aromatic heterocycles. The molecule has 2 aromatic carbocycles. The Balaban J connectivity index is 1.75. The van der Waals surface area contributed by atoms with Crippen LogP contribution in [0, 0.1) is 0 Å². The summed E-state index contributed by atoms with van der Waals surface area (Å²) in [6.07, 6.45) is -1.63. The second-order valence-electron chi connectivity index (χ2n) is 4.86. The highest BCUT2D eigenvalue weighted by atomic mass is 35.5. The van der Waals surface area contributed by atoms with Crippen molar-refractivity contribution in [1.82, 2.24) is 0 Å². The first-order chi connectivity index (χ1) is 11.5. The molecule has 0 unspecified atom stereocenters. The summed E-state index contributed by atoms with van der Waals surface area (Å²) >= 11 is 24.0. The lowest BCUT2D eigenvalue weighted by Crippen LogP contribution is -2.45. The Morgan fingerprint density at radius 1 is 0.708 bits per heavy atom. The van der Waals surface area contributed by atoms with Crippen LogP contribution < -0.4 is 9.47 Å². The molecule has 0 bridgehead atoms. The van der Waals surface area contributed by atoms with E-state index in [2.05, 4.69) is 0 Å². The van der Waals surface area contributed by atoms with E-state index in [1.807, 2.05) is 0 Å². The zero-order valence-corrected chi connectivity index (χ0v) is 15.2. The summed E-state index contributed by atoms with van der Waals surface area (Å²) in [5.41, 5.74) is 0. The molecule has 1 heterocycles. The van der Waals surface area contributed by atoms with Crippen LogP contribution in [-0.2, 0) is 9.47 Å². The van der Waals surface area contributed by atoms with Gasteiger partial charge in [-0.1, -0.05) is 46.4 Å². The molecular weight excluding hydrogens is 398 g/mol. The van der Waals surface area contributed by atoms with Crippen molar-refractivity contribution in [2.45, 2.75) is 12.6 Å². The number of halogens is 4. The van der Waals surface area contributed by atoms with Crippen LogP contribution in [-0.4, -0.2) is 25.8 Å². The van der Waals surface area contributed by atoms with Crippen molar-refractivity contribution in [2.24, 2.45) is 0 Å². The molecule has 1 aliphatic heterocycles. The minimum absolute atomic E-state index is 0.361. The third-order valence-corrected chi connectivity index (χ3v) is 4.20. The fourth-order valence-electron chi connectivity index (χ4n) is 2.06. The average Bonchev–Trinajstić information content (AvgIpc) is 2.54. The van der Waals surface area contributed by atoms with Crippen LogP contribution in [0.4, 0.5) is 0 Å². The minimum Gasteiger partial charge on any atom is -0.456 e. The zero-order chi connectivity index (χ0) is 17.1. The van der Waals surface area contributed by atoms with Crippen molar-refractivity contribution in [1.29, 1.82) is 0 Å². The van der Waals surface area contributed by atoms with E-state index in [0.29, 0.717) is 44.8 Å². The van der Waals surface area contributed by atoms with E-state index < -0.39 is 12.6 Å². The molecule has 24 heavy (non-hydrogen) atoms. The van der Waals surface area contributed by atoms with Gasteiger partial charge >= 0.3 is 0 Å². The Morgan fingerprint density at radius 3 is 1.50 bits per heavy atom. The first kappa shape index (κ1) is 17.9. The number of hydrogen-bond acceptors (Lipinski definition) is 4. The molecule has 1 fully saturated rings. The number of rotatable bonds is 4. The molecule has 128 valence electrons. The van der Waals surface area contributed by atoms with E-state index in [0.717, 1.165) is 0 Å². The summed E-state index contributed by atoms with van der Waals surface area (Å²) in [6, 6.07) is 9.78. The van der Waals surface area contributed by atoms with Crippen LogP contribution in [0.15, 0.2) is 36.4 Å². The standard InChI is InChI=1S/C16H12Cl4O4/c17-9-1-3-13(11(19)7-9)23-15-16(22-6-5-21-15)24-14-4-2-10(18)8-12(14)20/h1-4,7-8,15-16H,5-6H2/t15-,16-/m0/s1. The molecule has 0 N–H and O–H groups in total. The van der Waals surface area contributed by atoms with Gasteiger partial charge in [-0.2, -0.15) is 0 Å². The van der Waals surface area contributed by atoms with Gasteiger partial charge in [0.1, 0.15) is 11.5 Å². The maximum absolute atomic E-state index is 6.12. The Bertz CT molecular complexity index is 664. The van der Waals surface area contributed by atoms with E-state index in [4.69, 9.17) is 65.4 Å². The topological polar surface area (TPSA) is 36.9 Å². The summed E-state index contributed by atoms with van der Waals surface area (Å²) in [7, 11) is 0. The Labute approximate surface area is 159 Å². The van der Waals surface area contributed by atoms with E-state index in [1.165, 1.54) is 0 Å². The highest BCUT2D eigenvalue weighted by Crippen LogP contribution is 2.32. The molecule has 1 aliphatic rings. The maximum atomic E-state index is 6.12. The lowest BCUT2D eigenvalue weighted by atomic mass is 10.3. The molecule has 1 saturated heterocycles. The molecule has 0 radical (unpaired) electrons. The van der Waals surface area contributed by atoms with Gasteiger partial charge in [-0.25, -0.2) is 0 Å². The van der Waals surface area contributed by atoms with Gasteiger partial charge < -0.3 is 18.9 Å². The maximum Gasteiger partial charge on any atom is 0.263 e.